The fourth-order valence-electron chi connectivity index (χ4n) is 1.70. The maximum absolute atomic E-state index is 9.50. The molecule has 2 N–H and O–H groups in total. The molecule has 19 heavy (non-hydrogen) atoms. The zero-order valence-corrected chi connectivity index (χ0v) is 10.6. The molecule has 2 aromatic rings. The number of phenolic OH excluding ortho intramolecular Hbond substituents is 1. The molecule has 0 atom stereocenters. The Morgan fingerprint density at radius 1 is 1.21 bits per heavy atom. The summed E-state index contributed by atoms with van der Waals surface area (Å²) in [4.78, 5) is 0. The van der Waals surface area contributed by atoms with Crippen molar-refractivity contribution in [1.82, 2.24) is 0 Å². The van der Waals surface area contributed by atoms with Gasteiger partial charge in [-0.25, -0.2) is 0 Å². The molecule has 96 valence electrons. The van der Waals surface area contributed by atoms with E-state index in [2.05, 4.69) is 11.4 Å². The summed E-state index contributed by atoms with van der Waals surface area (Å²) >= 11 is 0. The second kappa shape index (κ2) is 5.78. The molecule has 0 saturated heterocycles. The lowest BCUT2D eigenvalue weighted by Gasteiger charge is -2.09. The second-order valence-corrected chi connectivity index (χ2v) is 4.05. The van der Waals surface area contributed by atoms with Crippen LogP contribution in [0.25, 0.3) is 0 Å². The van der Waals surface area contributed by atoms with Crippen LogP contribution in [0.4, 0.5) is 5.69 Å². The minimum atomic E-state index is 0.129. The first-order valence-electron chi connectivity index (χ1n) is 5.83. The number of hydrogen-bond acceptors (Lipinski definition) is 4. The standard InChI is InChI=1S/C15H14N2O2/c1-19-15-8-12(4-7-14(15)18)10-17-13-5-2-11(9-16)3-6-13/h2-8,17-18H,10H2,1H3. The number of nitriles is 1. The van der Waals surface area contributed by atoms with Crippen LogP contribution in [0.3, 0.4) is 0 Å². The molecule has 0 radical (unpaired) electrons. The van der Waals surface area contributed by atoms with E-state index in [4.69, 9.17) is 10.00 Å². The average molecular weight is 254 g/mol. The van der Waals surface area contributed by atoms with Crippen LogP contribution in [0.5, 0.6) is 11.5 Å². The summed E-state index contributed by atoms with van der Waals surface area (Å²) in [6.45, 7) is 0.614. The summed E-state index contributed by atoms with van der Waals surface area (Å²) < 4.78 is 5.05. The quantitative estimate of drug-likeness (QED) is 0.880. The zero-order chi connectivity index (χ0) is 13.7. The zero-order valence-electron chi connectivity index (χ0n) is 10.6. The van der Waals surface area contributed by atoms with Crippen molar-refractivity contribution in [2.24, 2.45) is 0 Å². The van der Waals surface area contributed by atoms with E-state index in [-0.39, 0.29) is 5.75 Å². The second-order valence-electron chi connectivity index (χ2n) is 4.05. The van der Waals surface area contributed by atoms with Gasteiger partial charge in [-0.05, 0) is 42.0 Å². The molecule has 0 fully saturated rings. The Kier molecular flexibility index (Phi) is 3.89. The molecule has 4 nitrogen and oxygen atoms in total. The normalized spacial score (nSPS) is 9.68. The Balaban J connectivity index is 2.03. The monoisotopic (exact) mass is 254 g/mol. The minimum absolute atomic E-state index is 0.129. The number of methoxy groups -OCH3 is 1. The van der Waals surface area contributed by atoms with Gasteiger partial charge in [0.1, 0.15) is 0 Å². The van der Waals surface area contributed by atoms with Gasteiger partial charge in [0.15, 0.2) is 11.5 Å². The van der Waals surface area contributed by atoms with E-state index < -0.39 is 0 Å². The summed E-state index contributed by atoms with van der Waals surface area (Å²) in [5, 5.41) is 21.5. The molecule has 0 aromatic heterocycles. The van der Waals surface area contributed by atoms with Crippen LogP contribution >= 0.6 is 0 Å². The van der Waals surface area contributed by atoms with E-state index >= 15 is 0 Å². The first-order valence-corrected chi connectivity index (χ1v) is 5.83. The Labute approximate surface area is 111 Å². The Bertz CT molecular complexity index is 601. The summed E-state index contributed by atoms with van der Waals surface area (Å²) in [5.41, 5.74) is 2.57. The number of rotatable bonds is 4. The van der Waals surface area contributed by atoms with Crippen molar-refractivity contribution in [2.45, 2.75) is 6.54 Å². The maximum Gasteiger partial charge on any atom is 0.160 e. The van der Waals surface area contributed by atoms with E-state index in [0.717, 1.165) is 11.3 Å². The van der Waals surface area contributed by atoms with Gasteiger partial charge in [0.2, 0.25) is 0 Å². The number of aromatic hydroxyl groups is 1. The van der Waals surface area contributed by atoms with Crippen molar-refractivity contribution >= 4 is 5.69 Å². The van der Waals surface area contributed by atoms with Gasteiger partial charge in [-0.2, -0.15) is 5.26 Å². The number of ether oxygens (including phenoxy) is 1. The fraction of sp³-hybridized carbons (Fsp3) is 0.133. The van der Waals surface area contributed by atoms with Crippen LogP contribution < -0.4 is 10.1 Å². The molecule has 0 bridgehead atoms. The molecule has 2 rings (SSSR count). The number of phenols is 1. The summed E-state index contributed by atoms with van der Waals surface area (Å²) in [7, 11) is 1.52. The number of hydrogen-bond donors (Lipinski definition) is 2. The van der Waals surface area contributed by atoms with Crippen LogP contribution in [-0.4, -0.2) is 12.2 Å². The smallest absolute Gasteiger partial charge is 0.160 e. The van der Waals surface area contributed by atoms with Gasteiger partial charge in [-0.3, -0.25) is 0 Å². The van der Waals surface area contributed by atoms with Gasteiger partial charge in [0, 0.05) is 12.2 Å². The SMILES string of the molecule is COc1cc(CNc2ccc(C#N)cc2)ccc1O. The van der Waals surface area contributed by atoms with Gasteiger partial charge >= 0.3 is 0 Å². The van der Waals surface area contributed by atoms with Crippen molar-refractivity contribution in [1.29, 1.82) is 5.26 Å². The van der Waals surface area contributed by atoms with E-state index in [9.17, 15) is 5.11 Å². The number of nitrogens with one attached hydrogen (secondary N) is 1. The number of anilines is 1. The third-order valence-corrected chi connectivity index (χ3v) is 2.75. The molecule has 0 spiro atoms. The van der Waals surface area contributed by atoms with E-state index in [1.807, 2.05) is 18.2 Å². The molecule has 0 aliphatic rings. The predicted molar refractivity (Wildman–Crippen MR) is 73.1 cm³/mol. The third-order valence-electron chi connectivity index (χ3n) is 2.75. The molecule has 0 aliphatic heterocycles. The highest BCUT2D eigenvalue weighted by Crippen LogP contribution is 2.26. The Morgan fingerprint density at radius 2 is 1.95 bits per heavy atom. The molecule has 0 aliphatic carbocycles. The maximum atomic E-state index is 9.50. The molecular weight excluding hydrogens is 240 g/mol. The van der Waals surface area contributed by atoms with Crippen molar-refractivity contribution < 1.29 is 9.84 Å². The van der Waals surface area contributed by atoms with E-state index in [0.29, 0.717) is 17.9 Å². The largest absolute Gasteiger partial charge is 0.504 e. The summed E-state index contributed by atoms with van der Waals surface area (Å²) in [5.74, 6) is 0.587. The molecule has 0 heterocycles. The molecule has 2 aromatic carbocycles. The topological polar surface area (TPSA) is 65.3 Å². The minimum Gasteiger partial charge on any atom is -0.504 e. The van der Waals surface area contributed by atoms with E-state index in [1.54, 1.807) is 24.3 Å². The van der Waals surface area contributed by atoms with Crippen molar-refractivity contribution in [3.8, 4) is 17.6 Å². The van der Waals surface area contributed by atoms with Gasteiger partial charge < -0.3 is 15.2 Å². The van der Waals surface area contributed by atoms with Crippen LogP contribution in [0.15, 0.2) is 42.5 Å². The lowest BCUT2D eigenvalue weighted by atomic mass is 10.2. The van der Waals surface area contributed by atoms with Crippen molar-refractivity contribution in [3.63, 3.8) is 0 Å². The van der Waals surface area contributed by atoms with Gasteiger partial charge in [-0.1, -0.05) is 6.07 Å². The van der Waals surface area contributed by atoms with Gasteiger partial charge in [-0.15, -0.1) is 0 Å². The van der Waals surface area contributed by atoms with Crippen LogP contribution in [0.1, 0.15) is 11.1 Å². The molecule has 0 unspecified atom stereocenters. The highest BCUT2D eigenvalue weighted by molar-refractivity contribution is 5.48. The van der Waals surface area contributed by atoms with Crippen LogP contribution in [-0.2, 0) is 6.54 Å². The molecule has 0 saturated carbocycles. The highest BCUT2D eigenvalue weighted by Gasteiger charge is 2.02. The average Bonchev–Trinajstić information content (AvgIpc) is 2.47. The highest BCUT2D eigenvalue weighted by atomic mass is 16.5. The molecule has 0 amide bonds. The Hall–Kier alpha value is -2.67. The first kappa shape index (κ1) is 12.8. The lowest BCUT2D eigenvalue weighted by molar-refractivity contribution is 0.373. The number of nitrogens with zero attached hydrogens (tertiary/aromatic N) is 1. The first-order chi connectivity index (χ1) is 9.22. The molecular formula is C15H14N2O2. The van der Waals surface area contributed by atoms with Crippen LogP contribution in [0.2, 0.25) is 0 Å². The lowest BCUT2D eigenvalue weighted by Crippen LogP contribution is -1.99. The Morgan fingerprint density at radius 3 is 2.58 bits per heavy atom. The fourth-order valence-corrected chi connectivity index (χ4v) is 1.70. The van der Waals surface area contributed by atoms with Crippen molar-refractivity contribution in [3.05, 3.63) is 53.6 Å². The predicted octanol–water partition coefficient (Wildman–Crippen LogP) is 2.88. The van der Waals surface area contributed by atoms with Crippen molar-refractivity contribution in [2.75, 3.05) is 12.4 Å². The van der Waals surface area contributed by atoms with Gasteiger partial charge in [0.05, 0.1) is 18.7 Å². The van der Waals surface area contributed by atoms with E-state index in [1.165, 1.54) is 7.11 Å². The number of benzene rings is 2. The molecule has 4 heteroatoms. The third kappa shape index (κ3) is 3.17. The van der Waals surface area contributed by atoms with Crippen LogP contribution in [0, 0.1) is 11.3 Å². The van der Waals surface area contributed by atoms with Gasteiger partial charge in [0.25, 0.3) is 0 Å². The summed E-state index contributed by atoms with van der Waals surface area (Å²) in [6, 6.07) is 14.5. The summed E-state index contributed by atoms with van der Waals surface area (Å²) in [6.07, 6.45) is 0.